The minimum atomic E-state index is -3.65. The summed E-state index contributed by atoms with van der Waals surface area (Å²) >= 11 is 0. The number of sulfone groups is 1. The van der Waals surface area contributed by atoms with Crippen LogP contribution in [0.4, 0.5) is 0 Å². The maximum Gasteiger partial charge on any atom is 0.250 e. The molecule has 0 fully saturated rings. The second-order valence-corrected chi connectivity index (χ2v) is 8.73. The summed E-state index contributed by atoms with van der Waals surface area (Å²) in [7, 11) is -4.12. The van der Waals surface area contributed by atoms with Gasteiger partial charge < -0.3 is 4.57 Å². The molecule has 9 heteroatoms. The number of rotatable bonds is 5. The summed E-state index contributed by atoms with van der Waals surface area (Å²) in [5.41, 5.74) is -0.443. The van der Waals surface area contributed by atoms with E-state index in [9.17, 15) is 21.6 Å². The molecule has 0 saturated carbocycles. The summed E-state index contributed by atoms with van der Waals surface area (Å²) in [6, 6.07) is 2.31. The number of aromatic nitrogens is 1. The Balaban J connectivity index is 3.19. The number of sulfonamides is 1. The predicted molar refractivity (Wildman–Crippen MR) is 71.3 cm³/mol. The van der Waals surface area contributed by atoms with Crippen molar-refractivity contribution in [1.29, 1.82) is 0 Å². The van der Waals surface area contributed by atoms with Gasteiger partial charge in [0.15, 0.2) is 0 Å². The van der Waals surface area contributed by atoms with E-state index in [1.807, 2.05) is 0 Å². The van der Waals surface area contributed by atoms with Gasteiger partial charge in [-0.25, -0.2) is 21.1 Å². The average molecular weight is 308 g/mol. The van der Waals surface area contributed by atoms with Gasteiger partial charge in [0.25, 0.3) is 5.56 Å². The van der Waals surface area contributed by atoms with Crippen LogP contribution >= 0.6 is 0 Å². The molecule has 0 aliphatic heterocycles. The van der Waals surface area contributed by atoms with Crippen molar-refractivity contribution < 1.29 is 16.8 Å². The van der Waals surface area contributed by atoms with E-state index in [0.717, 1.165) is 27.4 Å². The smallest absolute Gasteiger partial charge is 0.250 e. The van der Waals surface area contributed by atoms with Crippen molar-refractivity contribution in [3.8, 4) is 0 Å². The first kappa shape index (κ1) is 15.9. The summed E-state index contributed by atoms with van der Waals surface area (Å²) in [4.78, 5) is 11.5. The topological polar surface area (TPSA) is 93.5 Å². The van der Waals surface area contributed by atoms with Crippen LogP contribution in [0, 0.1) is 0 Å². The van der Waals surface area contributed by atoms with E-state index in [2.05, 4.69) is 0 Å². The number of hydrogen-bond donors (Lipinski definition) is 0. The molecule has 0 aromatic carbocycles. The highest BCUT2D eigenvalue weighted by Gasteiger charge is 2.18. The summed E-state index contributed by atoms with van der Waals surface area (Å²) in [6.45, 7) is -0.0749. The lowest BCUT2D eigenvalue weighted by atomic mass is 10.4. The lowest BCUT2D eigenvalue weighted by molar-refractivity contribution is 0.518. The van der Waals surface area contributed by atoms with Crippen LogP contribution in [-0.4, -0.2) is 51.8 Å². The third-order valence-electron chi connectivity index (χ3n) is 2.44. The average Bonchev–Trinajstić information content (AvgIpc) is 2.26. The highest BCUT2D eigenvalue weighted by atomic mass is 32.2. The maximum absolute atomic E-state index is 11.9. The zero-order valence-corrected chi connectivity index (χ0v) is 12.5. The number of hydrogen-bond acceptors (Lipinski definition) is 5. The number of nitrogens with zero attached hydrogens (tertiary/aromatic N) is 2. The Bertz CT molecular complexity index is 717. The van der Waals surface area contributed by atoms with Gasteiger partial charge in [-0.3, -0.25) is 4.79 Å². The van der Waals surface area contributed by atoms with Crippen molar-refractivity contribution in [3.63, 3.8) is 0 Å². The Hall–Kier alpha value is -1.19. The van der Waals surface area contributed by atoms with Crippen molar-refractivity contribution in [2.45, 2.75) is 11.4 Å². The van der Waals surface area contributed by atoms with Crippen molar-refractivity contribution in [1.82, 2.24) is 8.87 Å². The Labute approximate surface area is 112 Å². The summed E-state index contributed by atoms with van der Waals surface area (Å²) in [6.07, 6.45) is 2.21. The van der Waals surface area contributed by atoms with E-state index in [4.69, 9.17) is 0 Å². The van der Waals surface area contributed by atoms with Crippen molar-refractivity contribution in [2.24, 2.45) is 0 Å². The van der Waals surface area contributed by atoms with E-state index in [-0.39, 0.29) is 17.2 Å². The fourth-order valence-corrected chi connectivity index (χ4v) is 2.76. The van der Waals surface area contributed by atoms with Crippen LogP contribution in [0.2, 0.25) is 0 Å². The monoisotopic (exact) mass is 308 g/mol. The first-order valence-electron chi connectivity index (χ1n) is 5.35. The Morgan fingerprint density at radius 2 is 1.74 bits per heavy atom. The molecule has 1 aromatic heterocycles. The van der Waals surface area contributed by atoms with E-state index in [1.54, 1.807) is 0 Å². The minimum Gasteiger partial charge on any atom is -0.313 e. The molecule has 19 heavy (non-hydrogen) atoms. The zero-order valence-electron chi connectivity index (χ0n) is 10.9. The van der Waals surface area contributed by atoms with Gasteiger partial charge in [0.05, 0.1) is 10.6 Å². The normalized spacial score (nSPS) is 12.8. The molecule has 0 N–H and O–H groups in total. The van der Waals surface area contributed by atoms with Crippen LogP contribution in [0.25, 0.3) is 0 Å². The van der Waals surface area contributed by atoms with E-state index in [1.165, 1.54) is 20.2 Å². The second kappa shape index (κ2) is 5.43. The molecule has 1 aromatic rings. The molecule has 0 aliphatic carbocycles. The van der Waals surface area contributed by atoms with Crippen molar-refractivity contribution in [3.05, 3.63) is 28.7 Å². The molecule has 7 nitrogen and oxygen atoms in total. The molecular weight excluding hydrogens is 292 g/mol. The van der Waals surface area contributed by atoms with Crippen LogP contribution in [-0.2, 0) is 26.4 Å². The lowest BCUT2D eigenvalue weighted by Gasteiger charge is -2.13. The standard InChI is InChI=1S/C10H16N2O5S2/c1-11(2)19(16,17)9-4-5-10(13)12(8-9)6-7-18(3,14)15/h4-5,8H,6-7H2,1-3H3. The third-order valence-corrected chi connectivity index (χ3v) is 5.16. The SMILES string of the molecule is CN(C)S(=O)(=O)c1ccc(=O)n(CCS(C)(=O)=O)c1. The van der Waals surface area contributed by atoms with Crippen LogP contribution < -0.4 is 5.56 Å². The molecular formula is C10H16N2O5S2. The molecule has 0 spiro atoms. The molecule has 0 bridgehead atoms. The van der Waals surface area contributed by atoms with E-state index < -0.39 is 25.4 Å². The molecule has 1 heterocycles. The maximum atomic E-state index is 11.9. The first-order valence-corrected chi connectivity index (χ1v) is 8.85. The number of aryl methyl sites for hydroxylation is 1. The largest absolute Gasteiger partial charge is 0.313 e. The zero-order chi connectivity index (χ0) is 14.8. The summed E-state index contributed by atoms with van der Waals surface area (Å²) in [5.74, 6) is -0.224. The Kier molecular flexibility index (Phi) is 4.54. The van der Waals surface area contributed by atoms with Crippen molar-refractivity contribution in [2.75, 3.05) is 26.1 Å². The van der Waals surface area contributed by atoms with Crippen LogP contribution in [0.3, 0.4) is 0 Å². The van der Waals surface area contributed by atoms with E-state index >= 15 is 0 Å². The van der Waals surface area contributed by atoms with Gasteiger partial charge in [0.1, 0.15) is 9.84 Å². The molecule has 108 valence electrons. The Morgan fingerprint density at radius 1 is 1.16 bits per heavy atom. The van der Waals surface area contributed by atoms with Crippen LogP contribution in [0.5, 0.6) is 0 Å². The second-order valence-electron chi connectivity index (χ2n) is 4.31. The fourth-order valence-electron chi connectivity index (χ4n) is 1.31. The van der Waals surface area contributed by atoms with Gasteiger partial charge in [-0.15, -0.1) is 0 Å². The molecule has 0 saturated heterocycles. The third kappa shape index (κ3) is 4.15. The molecule has 0 unspecified atom stereocenters. The van der Waals surface area contributed by atoms with E-state index in [0.29, 0.717) is 0 Å². The Morgan fingerprint density at radius 3 is 2.21 bits per heavy atom. The van der Waals surface area contributed by atoms with Crippen LogP contribution in [0.1, 0.15) is 0 Å². The van der Waals surface area contributed by atoms with Gasteiger partial charge >= 0.3 is 0 Å². The lowest BCUT2D eigenvalue weighted by Crippen LogP contribution is -2.27. The quantitative estimate of drug-likeness (QED) is 0.706. The summed E-state index contributed by atoms with van der Waals surface area (Å²) < 4.78 is 48.0. The van der Waals surface area contributed by atoms with Crippen LogP contribution in [0.15, 0.2) is 28.0 Å². The van der Waals surface area contributed by atoms with Crippen molar-refractivity contribution >= 4 is 19.9 Å². The molecule has 0 radical (unpaired) electrons. The summed E-state index contributed by atoms with van der Waals surface area (Å²) in [5, 5.41) is 0. The minimum absolute atomic E-state index is 0.0504. The first-order chi connectivity index (χ1) is 8.54. The molecule has 1 rings (SSSR count). The predicted octanol–water partition coefficient (Wildman–Crippen LogP) is -0.857. The number of pyridine rings is 1. The van der Waals surface area contributed by atoms with Gasteiger partial charge in [0, 0.05) is 39.2 Å². The van der Waals surface area contributed by atoms with Gasteiger partial charge in [-0.2, -0.15) is 0 Å². The van der Waals surface area contributed by atoms with Gasteiger partial charge in [-0.05, 0) is 6.07 Å². The molecule has 0 atom stereocenters. The van der Waals surface area contributed by atoms with Gasteiger partial charge in [0.2, 0.25) is 10.0 Å². The molecule has 0 aliphatic rings. The molecule has 0 amide bonds. The highest BCUT2D eigenvalue weighted by Crippen LogP contribution is 2.10. The highest BCUT2D eigenvalue weighted by molar-refractivity contribution is 7.90. The fraction of sp³-hybridized carbons (Fsp3) is 0.500. The van der Waals surface area contributed by atoms with Gasteiger partial charge in [-0.1, -0.05) is 0 Å².